The van der Waals surface area contributed by atoms with E-state index in [2.05, 4.69) is 23.7 Å². The predicted octanol–water partition coefficient (Wildman–Crippen LogP) is 3.76. The Balaban J connectivity index is 1.79. The number of Topliss-reactive ketones (excluding diaryl/α,β-unsaturated/α-hetero) is 1. The van der Waals surface area contributed by atoms with Gasteiger partial charge in [-0.2, -0.15) is 11.3 Å². The Hall–Kier alpha value is -2.41. The highest BCUT2D eigenvalue weighted by molar-refractivity contribution is 7.08. The summed E-state index contributed by atoms with van der Waals surface area (Å²) < 4.78 is 7.22. The molecule has 0 fully saturated rings. The monoisotopic (exact) mass is 404 g/mol. The molecule has 2 aromatic heterocycles. The molecular formula is C21H28N2O4S. The number of ketones is 1. The number of carbonyl (C=O) groups excluding carboxylic acids is 3. The van der Waals surface area contributed by atoms with Crippen molar-refractivity contribution < 1.29 is 19.1 Å². The number of ether oxygens (including phenoxy) is 1. The van der Waals surface area contributed by atoms with E-state index in [0.717, 1.165) is 24.4 Å². The molecular weight excluding hydrogens is 376 g/mol. The van der Waals surface area contributed by atoms with Crippen LogP contribution in [0.25, 0.3) is 0 Å². The normalized spacial score (nSPS) is 10.9. The molecule has 28 heavy (non-hydrogen) atoms. The second-order valence-corrected chi connectivity index (χ2v) is 8.00. The molecule has 2 rings (SSSR count). The lowest BCUT2D eigenvalue weighted by molar-refractivity contribution is -0.142. The fraction of sp³-hybridized carbons (Fsp3) is 0.476. The fourth-order valence-electron chi connectivity index (χ4n) is 2.88. The molecule has 1 N–H and O–H groups in total. The van der Waals surface area contributed by atoms with Crippen molar-refractivity contribution in [3.63, 3.8) is 0 Å². The number of carbonyl (C=O) groups is 3. The number of rotatable bonds is 10. The predicted molar refractivity (Wildman–Crippen MR) is 110 cm³/mol. The van der Waals surface area contributed by atoms with E-state index in [9.17, 15) is 14.4 Å². The number of thiophene rings is 1. The molecule has 0 aliphatic rings. The zero-order chi connectivity index (χ0) is 20.7. The SMILES string of the molecule is Cc1cc(C(=O)COC(=O)CCNC(=O)c2ccsc2)c(C)n1CCC(C)C. The first kappa shape index (κ1) is 21.9. The maximum atomic E-state index is 12.5. The molecule has 2 heterocycles. The summed E-state index contributed by atoms with van der Waals surface area (Å²) in [7, 11) is 0. The van der Waals surface area contributed by atoms with Gasteiger partial charge in [0.1, 0.15) is 0 Å². The summed E-state index contributed by atoms with van der Waals surface area (Å²) in [5, 5.41) is 6.21. The zero-order valence-electron chi connectivity index (χ0n) is 16.9. The Labute approximate surface area is 169 Å². The van der Waals surface area contributed by atoms with Crippen molar-refractivity contribution in [2.75, 3.05) is 13.2 Å². The van der Waals surface area contributed by atoms with E-state index in [0.29, 0.717) is 17.0 Å². The van der Waals surface area contributed by atoms with E-state index in [-0.39, 0.29) is 31.3 Å². The molecule has 2 aromatic rings. The van der Waals surface area contributed by atoms with Gasteiger partial charge in [0.25, 0.3) is 5.91 Å². The van der Waals surface area contributed by atoms with Gasteiger partial charge in [-0.05, 0) is 43.7 Å². The van der Waals surface area contributed by atoms with Crippen LogP contribution in [-0.2, 0) is 16.1 Å². The quantitative estimate of drug-likeness (QED) is 0.483. The molecule has 0 aliphatic carbocycles. The first-order chi connectivity index (χ1) is 13.3. The number of esters is 1. The van der Waals surface area contributed by atoms with Gasteiger partial charge in [-0.25, -0.2) is 0 Å². The van der Waals surface area contributed by atoms with Gasteiger partial charge >= 0.3 is 5.97 Å². The third kappa shape index (κ3) is 6.05. The van der Waals surface area contributed by atoms with Crippen LogP contribution in [-0.4, -0.2) is 35.4 Å². The highest BCUT2D eigenvalue weighted by atomic mass is 32.1. The number of nitrogens with one attached hydrogen (secondary N) is 1. The van der Waals surface area contributed by atoms with Crippen LogP contribution in [0.2, 0.25) is 0 Å². The summed E-state index contributed by atoms with van der Waals surface area (Å²) in [6.07, 6.45) is 1.06. The number of aromatic nitrogens is 1. The van der Waals surface area contributed by atoms with Crippen molar-refractivity contribution in [1.82, 2.24) is 9.88 Å². The minimum absolute atomic E-state index is 0.0244. The average Bonchev–Trinajstić information content (AvgIpc) is 3.27. The molecule has 0 spiro atoms. The van der Waals surface area contributed by atoms with Crippen molar-refractivity contribution >= 4 is 29.0 Å². The molecule has 6 nitrogen and oxygen atoms in total. The van der Waals surface area contributed by atoms with Gasteiger partial charge in [-0.3, -0.25) is 14.4 Å². The molecule has 0 saturated carbocycles. The van der Waals surface area contributed by atoms with Crippen LogP contribution in [0.1, 0.15) is 58.8 Å². The summed E-state index contributed by atoms with van der Waals surface area (Å²) in [6.45, 7) is 8.99. The molecule has 1 amide bonds. The molecule has 0 atom stereocenters. The lowest BCUT2D eigenvalue weighted by Gasteiger charge is -2.11. The molecule has 0 saturated heterocycles. The average molecular weight is 405 g/mol. The van der Waals surface area contributed by atoms with E-state index in [1.165, 1.54) is 11.3 Å². The number of nitrogens with zero attached hydrogens (tertiary/aromatic N) is 1. The maximum absolute atomic E-state index is 12.5. The van der Waals surface area contributed by atoms with Crippen LogP contribution < -0.4 is 5.32 Å². The molecule has 0 unspecified atom stereocenters. The molecule has 7 heteroatoms. The van der Waals surface area contributed by atoms with Crippen molar-refractivity contribution in [2.24, 2.45) is 5.92 Å². The van der Waals surface area contributed by atoms with Crippen molar-refractivity contribution in [1.29, 1.82) is 0 Å². The van der Waals surface area contributed by atoms with E-state index in [1.807, 2.05) is 25.3 Å². The highest BCUT2D eigenvalue weighted by Gasteiger charge is 2.17. The number of aryl methyl sites for hydroxylation is 1. The van der Waals surface area contributed by atoms with Crippen LogP contribution in [0, 0.1) is 19.8 Å². The smallest absolute Gasteiger partial charge is 0.308 e. The van der Waals surface area contributed by atoms with E-state index < -0.39 is 5.97 Å². The van der Waals surface area contributed by atoms with Gasteiger partial charge < -0.3 is 14.6 Å². The van der Waals surface area contributed by atoms with Crippen molar-refractivity contribution in [3.8, 4) is 0 Å². The van der Waals surface area contributed by atoms with Crippen LogP contribution in [0.5, 0.6) is 0 Å². The van der Waals surface area contributed by atoms with Gasteiger partial charge in [0.15, 0.2) is 6.61 Å². The molecule has 0 bridgehead atoms. The standard InChI is InChI=1S/C21H28N2O4S/c1-14(2)6-9-23-15(3)11-18(16(23)4)19(24)12-27-20(25)5-8-22-21(26)17-7-10-28-13-17/h7,10-11,13-14H,5-6,8-9,12H2,1-4H3,(H,22,26). The topological polar surface area (TPSA) is 77.4 Å². The van der Waals surface area contributed by atoms with Crippen molar-refractivity contribution in [2.45, 2.75) is 47.1 Å². The van der Waals surface area contributed by atoms with E-state index in [1.54, 1.807) is 11.4 Å². The second-order valence-electron chi connectivity index (χ2n) is 7.22. The lowest BCUT2D eigenvalue weighted by Crippen LogP contribution is -2.26. The zero-order valence-corrected chi connectivity index (χ0v) is 17.7. The Morgan fingerprint density at radius 1 is 1.25 bits per heavy atom. The van der Waals surface area contributed by atoms with Gasteiger partial charge in [0.2, 0.25) is 5.78 Å². The van der Waals surface area contributed by atoms with Crippen LogP contribution >= 0.6 is 11.3 Å². The lowest BCUT2D eigenvalue weighted by atomic mass is 10.1. The Morgan fingerprint density at radius 2 is 2.00 bits per heavy atom. The van der Waals surface area contributed by atoms with E-state index in [4.69, 9.17) is 4.74 Å². The third-order valence-corrected chi connectivity index (χ3v) is 5.25. The summed E-state index contributed by atoms with van der Waals surface area (Å²) in [5.74, 6) is -0.354. The molecule has 0 aliphatic heterocycles. The Morgan fingerprint density at radius 3 is 2.64 bits per heavy atom. The van der Waals surface area contributed by atoms with Crippen LogP contribution in [0.3, 0.4) is 0 Å². The fourth-order valence-corrected chi connectivity index (χ4v) is 3.52. The van der Waals surface area contributed by atoms with Crippen molar-refractivity contribution in [3.05, 3.63) is 45.4 Å². The molecule has 152 valence electrons. The van der Waals surface area contributed by atoms with Crippen LogP contribution in [0.4, 0.5) is 0 Å². The van der Waals surface area contributed by atoms with Crippen LogP contribution in [0.15, 0.2) is 22.9 Å². The first-order valence-electron chi connectivity index (χ1n) is 9.45. The second kappa shape index (κ2) is 10.2. The number of hydrogen-bond acceptors (Lipinski definition) is 5. The Kier molecular flexibility index (Phi) is 7.99. The minimum atomic E-state index is -0.507. The van der Waals surface area contributed by atoms with Gasteiger partial charge in [0, 0.05) is 41.0 Å². The summed E-state index contributed by atoms with van der Waals surface area (Å²) in [5.41, 5.74) is 3.10. The largest absolute Gasteiger partial charge is 0.457 e. The molecule has 0 aromatic carbocycles. The Bertz CT molecular complexity index is 822. The number of amides is 1. The van der Waals surface area contributed by atoms with Gasteiger partial charge in [-0.1, -0.05) is 13.8 Å². The van der Waals surface area contributed by atoms with Gasteiger partial charge in [0.05, 0.1) is 6.42 Å². The minimum Gasteiger partial charge on any atom is -0.457 e. The summed E-state index contributed by atoms with van der Waals surface area (Å²) >= 11 is 1.43. The summed E-state index contributed by atoms with van der Waals surface area (Å²) in [6, 6.07) is 3.57. The van der Waals surface area contributed by atoms with Gasteiger partial charge in [-0.15, -0.1) is 0 Å². The third-order valence-electron chi connectivity index (χ3n) is 4.57. The molecule has 0 radical (unpaired) electrons. The van der Waals surface area contributed by atoms with E-state index >= 15 is 0 Å². The maximum Gasteiger partial charge on any atom is 0.308 e. The first-order valence-corrected chi connectivity index (χ1v) is 10.4. The number of hydrogen-bond donors (Lipinski definition) is 1. The highest BCUT2D eigenvalue weighted by Crippen LogP contribution is 2.18. The summed E-state index contributed by atoms with van der Waals surface area (Å²) in [4.78, 5) is 36.1.